The predicted molar refractivity (Wildman–Crippen MR) is 123 cm³/mol. The van der Waals surface area contributed by atoms with Crippen LogP contribution in [0.5, 0.6) is 5.75 Å². The zero-order valence-electron chi connectivity index (χ0n) is 18.5. The molecule has 0 radical (unpaired) electrons. The van der Waals surface area contributed by atoms with Crippen LogP contribution in [0.2, 0.25) is 0 Å². The molecule has 1 aromatic heterocycles. The third-order valence-electron chi connectivity index (χ3n) is 5.27. The van der Waals surface area contributed by atoms with Crippen LogP contribution < -0.4 is 10.1 Å². The van der Waals surface area contributed by atoms with Crippen molar-refractivity contribution in [2.75, 3.05) is 5.32 Å². The molecule has 1 amide bonds. The summed E-state index contributed by atoms with van der Waals surface area (Å²) in [5.74, 6) is 1.34. The molecule has 0 saturated heterocycles. The summed E-state index contributed by atoms with van der Waals surface area (Å²) in [5.41, 5.74) is 2.83. The summed E-state index contributed by atoms with van der Waals surface area (Å²) in [6.07, 6.45) is 5.74. The highest BCUT2D eigenvalue weighted by atomic mass is 16.5. The van der Waals surface area contributed by atoms with Crippen molar-refractivity contribution >= 4 is 18.3 Å². The van der Waals surface area contributed by atoms with E-state index in [4.69, 9.17) is 23.9 Å². The number of nitrogens with zero attached hydrogens (tertiary/aromatic N) is 1. The normalized spacial score (nSPS) is 13.4. The predicted octanol–water partition coefficient (Wildman–Crippen LogP) is 5.81. The first-order chi connectivity index (χ1) is 16.1. The average Bonchev–Trinajstić information content (AvgIpc) is 3.20. The van der Waals surface area contributed by atoms with Gasteiger partial charge < -0.3 is 19.1 Å². The highest BCUT2D eigenvalue weighted by Crippen LogP contribution is 2.33. The first kappa shape index (κ1) is 23.8. The molecule has 1 aliphatic rings. The number of carboxylic acid groups (broad SMARTS) is 1. The summed E-state index contributed by atoms with van der Waals surface area (Å²) in [6.45, 7) is 1.72. The fourth-order valence-electron chi connectivity index (χ4n) is 3.64. The molecular formula is C25H28N2O6. The number of rotatable bonds is 6. The maximum atomic E-state index is 12.3. The third-order valence-corrected chi connectivity index (χ3v) is 5.27. The molecule has 174 valence electrons. The fourth-order valence-corrected chi connectivity index (χ4v) is 3.64. The Morgan fingerprint density at radius 3 is 2.45 bits per heavy atom. The van der Waals surface area contributed by atoms with E-state index < -0.39 is 6.09 Å². The van der Waals surface area contributed by atoms with Crippen LogP contribution in [0.25, 0.3) is 11.3 Å². The Balaban J connectivity index is 0.000000968. The Labute approximate surface area is 192 Å². The van der Waals surface area contributed by atoms with Crippen molar-refractivity contribution in [3.05, 3.63) is 65.9 Å². The number of ether oxygens (including phenoxy) is 2. The summed E-state index contributed by atoms with van der Waals surface area (Å²) in [6, 6.07) is 17.2. The van der Waals surface area contributed by atoms with Crippen molar-refractivity contribution in [2.45, 2.75) is 51.7 Å². The zero-order chi connectivity index (χ0) is 23.5. The van der Waals surface area contributed by atoms with Crippen molar-refractivity contribution in [3.8, 4) is 17.1 Å². The van der Waals surface area contributed by atoms with Gasteiger partial charge in [0.15, 0.2) is 5.76 Å². The lowest BCUT2D eigenvalue weighted by Crippen LogP contribution is -2.19. The molecule has 8 heteroatoms. The molecule has 0 aliphatic heterocycles. The molecule has 1 saturated carbocycles. The minimum absolute atomic E-state index is 0.194. The monoisotopic (exact) mass is 452 g/mol. The third kappa shape index (κ3) is 7.10. The van der Waals surface area contributed by atoms with Crippen molar-refractivity contribution in [1.82, 2.24) is 5.16 Å². The molecule has 1 heterocycles. The van der Waals surface area contributed by atoms with Gasteiger partial charge in [-0.3, -0.25) is 10.1 Å². The van der Waals surface area contributed by atoms with Crippen LogP contribution in [0.1, 0.15) is 43.4 Å². The number of amides is 1. The van der Waals surface area contributed by atoms with E-state index >= 15 is 0 Å². The Hall–Kier alpha value is -3.81. The lowest BCUT2D eigenvalue weighted by atomic mass is 9.98. The molecule has 3 aromatic rings. The molecule has 1 fully saturated rings. The number of carbonyl (C=O) groups is 2. The van der Waals surface area contributed by atoms with Crippen molar-refractivity contribution in [2.24, 2.45) is 0 Å². The maximum Gasteiger partial charge on any atom is 0.412 e. The van der Waals surface area contributed by atoms with Gasteiger partial charge in [-0.05, 0) is 62.4 Å². The molecule has 4 rings (SSSR count). The summed E-state index contributed by atoms with van der Waals surface area (Å²) >= 11 is 0. The summed E-state index contributed by atoms with van der Waals surface area (Å²) < 4.78 is 16.9. The van der Waals surface area contributed by atoms with Crippen LogP contribution in [-0.2, 0) is 16.1 Å². The van der Waals surface area contributed by atoms with E-state index in [2.05, 4.69) is 10.5 Å². The lowest BCUT2D eigenvalue weighted by Gasteiger charge is -2.23. The summed E-state index contributed by atoms with van der Waals surface area (Å²) in [5, 5.41) is 13.7. The number of nitrogens with one attached hydrogen (secondary N) is 1. The summed E-state index contributed by atoms with van der Waals surface area (Å²) in [4.78, 5) is 20.6. The van der Waals surface area contributed by atoms with E-state index in [-0.39, 0.29) is 13.1 Å². The Bertz CT molecular complexity index is 1010. The van der Waals surface area contributed by atoms with E-state index in [1.54, 1.807) is 6.92 Å². The average molecular weight is 453 g/mol. The maximum absolute atomic E-state index is 12.3. The van der Waals surface area contributed by atoms with Gasteiger partial charge >= 0.3 is 6.09 Å². The van der Waals surface area contributed by atoms with Gasteiger partial charge in [-0.25, -0.2) is 4.79 Å². The lowest BCUT2D eigenvalue weighted by molar-refractivity contribution is -0.122. The van der Waals surface area contributed by atoms with Gasteiger partial charge in [0.1, 0.15) is 23.7 Å². The molecule has 0 spiro atoms. The van der Waals surface area contributed by atoms with Crippen molar-refractivity contribution in [3.63, 3.8) is 0 Å². The number of aromatic nitrogens is 1. The van der Waals surface area contributed by atoms with E-state index in [9.17, 15) is 4.79 Å². The second kappa shape index (κ2) is 12.3. The molecule has 33 heavy (non-hydrogen) atoms. The molecule has 2 N–H and O–H groups in total. The van der Waals surface area contributed by atoms with Gasteiger partial charge in [-0.2, -0.15) is 0 Å². The Morgan fingerprint density at radius 1 is 1.12 bits per heavy atom. The van der Waals surface area contributed by atoms with E-state index in [1.165, 1.54) is 19.3 Å². The number of hydrogen-bond acceptors (Lipinski definition) is 6. The second-order valence-corrected chi connectivity index (χ2v) is 7.67. The Kier molecular flexibility index (Phi) is 8.88. The van der Waals surface area contributed by atoms with Crippen LogP contribution >= 0.6 is 0 Å². The van der Waals surface area contributed by atoms with E-state index in [1.807, 2.05) is 54.6 Å². The van der Waals surface area contributed by atoms with Gasteiger partial charge in [-0.15, -0.1) is 0 Å². The van der Waals surface area contributed by atoms with Crippen molar-refractivity contribution in [1.29, 1.82) is 0 Å². The van der Waals surface area contributed by atoms with Crippen LogP contribution in [0, 0.1) is 6.92 Å². The topological polar surface area (TPSA) is 111 Å². The highest BCUT2D eigenvalue weighted by Gasteiger charge is 2.19. The van der Waals surface area contributed by atoms with E-state index in [0.717, 1.165) is 29.7 Å². The highest BCUT2D eigenvalue weighted by molar-refractivity contribution is 5.90. The number of anilines is 1. The molecule has 0 bridgehead atoms. The van der Waals surface area contributed by atoms with Gasteiger partial charge in [0.05, 0.1) is 6.10 Å². The molecular weight excluding hydrogens is 424 g/mol. The van der Waals surface area contributed by atoms with Crippen LogP contribution in [-0.4, -0.2) is 28.9 Å². The minimum atomic E-state index is -0.552. The number of aryl methyl sites for hydroxylation is 1. The molecule has 1 aliphatic carbocycles. The zero-order valence-corrected chi connectivity index (χ0v) is 18.5. The molecule has 0 atom stereocenters. The molecule has 0 unspecified atom stereocenters. The van der Waals surface area contributed by atoms with E-state index in [0.29, 0.717) is 23.2 Å². The van der Waals surface area contributed by atoms with Crippen molar-refractivity contribution < 1.29 is 28.7 Å². The SMILES string of the molecule is Cc1noc(-c2ccc(OC3CCCCC3)cc2)c1NC(=O)OCc1ccccc1.O=CO. The van der Waals surface area contributed by atoms with Crippen LogP contribution in [0.15, 0.2) is 59.1 Å². The van der Waals surface area contributed by atoms with Gasteiger partial charge in [0.2, 0.25) is 0 Å². The smallest absolute Gasteiger partial charge is 0.412 e. The first-order valence-electron chi connectivity index (χ1n) is 10.9. The molecule has 8 nitrogen and oxygen atoms in total. The van der Waals surface area contributed by atoms with Gasteiger partial charge in [0.25, 0.3) is 6.47 Å². The Morgan fingerprint density at radius 2 is 1.79 bits per heavy atom. The first-order valence-corrected chi connectivity index (χ1v) is 10.9. The van der Waals surface area contributed by atoms with Gasteiger partial charge in [0, 0.05) is 5.56 Å². The standard InChI is InChI=1S/C24H26N2O4.CH2O2/c1-17-22(25-24(27)28-16-18-8-4-2-5-9-18)23(30-26-17)19-12-14-21(15-13-19)29-20-10-6-3-7-11-20;2-1-3/h2,4-5,8-9,12-15,20H,3,6-7,10-11,16H2,1H3,(H,25,27);1H,(H,2,3). The second-order valence-electron chi connectivity index (χ2n) is 7.67. The quantitative estimate of drug-likeness (QED) is 0.454. The number of benzene rings is 2. The number of carbonyl (C=O) groups excluding carboxylic acids is 1. The van der Waals surface area contributed by atoms with Crippen LogP contribution in [0.4, 0.5) is 10.5 Å². The largest absolute Gasteiger partial charge is 0.490 e. The number of hydrogen-bond donors (Lipinski definition) is 2. The molecule has 2 aromatic carbocycles. The minimum Gasteiger partial charge on any atom is -0.490 e. The summed E-state index contributed by atoms with van der Waals surface area (Å²) in [7, 11) is 0. The van der Waals surface area contributed by atoms with Crippen LogP contribution in [0.3, 0.4) is 0 Å². The fraction of sp³-hybridized carbons (Fsp3) is 0.320. The van der Waals surface area contributed by atoms with Gasteiger partial charge in [-0.1, -0.05) is 41.9 Å².